The molecule has 3 amide bonds. The number of aromatic amines is 1. The van der Waals surface area contributed by atoms with Crippen LogP contribution in [0.15, 0.2) is 17.5 Å². The number of rotatable bonds is 16. The monoisotopic (exact) mass is 511 g/mol. The summed E-state index contributed by atoms with van der Waals surface area (Å²) in [5.41, 5.74) is 16.9. The number of H-pyrrole nitrogens is 1. The predicted molar refractivity (Wildman–Crippen MR) is 130 cm³/mol. The van der Waals surface area contributed by atoms with Crippen LogP contribution >= 0.6 is 0 Å². The highest BCUT2D eigenvalue weighted by atomic mass is 16.4. The maximum Gasteiger partial charge on any atom is 0.326 e. The first-order chi connectivity index (χ1) is 16.9. The summed E-state index contributed by atoms with van der Waals surface area (Å²) in [6.07, 6.45) is 3.41. The number of guanidine groups is 1. The number of aliphatic carboxylic acids is 1. The molecule has 1 rings (SSSR count). The normalized spacial score (nSPS) is 14.2. The van der Waals surface area contributed by atoms with E-state index in [1.165, 1.54) is 12.5 Å². The third kappa shape index (κ3) is 11.1. The van der Waals surface area contributed by atoms with E-state index in [1.54, 1.807) is 0 Å². The minimum absolute atomic E-state index is 0.0453. The van der Waals surface area contributed by atoms with E-state index in [1.807, 2.05) is 13.8 Å². The van der Waals surface area contributed by atoms with E-state index in [2.05, 4.69) is 30.9 Å². The highest BCUT2D eigenvalue weighted by Gasteiger charge is 2.30. The van der Waals surface area contributed by atoms with Crippen molar-refractivity contribution in [1.29, 1.82) is 0 Å². The zero-order chi connectivity index (χ0) is 27.3. The number of aliphatic hydroxyl groups excluding tert-OH is 1. The van der Waals surface area contributed by atoms with E-state index in [0.29, 0.717) is 12.1 Å². The lowest BCUT2D eigenvalue weighted by Crippen LogP contribution is -2.58. The number of nitrogens with two attached hydrogens (primary N) is 3. The number of aliphatic hydroxyl groups is 1. The lowest BCUT2D eigenvalue weighted by Gasteiger charge is -2.24. The van der Waals surface area contributed by atoms with Gasteiger partial charge >= 0.3 is 5.97 Å². The van der Waals surface area contributed by atoms with Crippen LogP contribution in [0.1, 0.15) is 38.8 Å². The Hall–Kier alpha value is -3.72. The summed E-state index contributed by atoms with van der Waals surface area (Å²) in [7, 11) is 0. The van der Waals surface area contributed by atoms with Gasteiger partial charge in [-0.1, -0.05) is 13.8 Å². The number of amides is 3. The Morgan fingerprint density at radius 1 is 1.06 bits per heavy atom. The van der Waals surface area contributed by atoms with Gasteiger partial charge in [-0.05, 0) is 25.2 Å². The second kappa shape index (κ2) is 15.3. The molecule has 1 heterocycles. The largest absolute Gasteiger partial charge is 0.480 e. The summed E-state index contributed by atoms with van der Waals surface area (Å²) in [4.78, 5) is 60.1. The molecule has 0 saturated heterocycles. The molecule has 15 nitrogen and oxygen atoms in total. The summed E-state index contributed by atoms with van der Waals surface area (Å²) in [5.74, 6) is -3.55. The third-order valence-corrected chi connectivity index (χ3v) is 5.05. The quantitative estimate of drug-likeness (QED) is 0.0613. The average molecular weight is 512 g/mol. The van der Waals surface area contributed by atoms with Gasteiger partial charge < -0.3 is 48.3 Å². The maximum atomic E-state index is 12.9. The van der Waals surface area contributed by atoms with Crippen molar-refractivity contribution in [3.63, 3.8) is 0 Å². The molecule has 202 valence electrons. The molecule has 0 aliphatic heterocycles. The first kappa shape index (κ1) is 30.3. The molecular formula is C21H37N9O6. The predicted octanol–water partition coefficient (Wildman–Crippen LogP) is -3.09. The number of carboxylic acids is 1. The van der Waals surface area contributed by atoms with Crippen molar-refractivity contribution in [3.05, 3.63) is 18.2 Å². The van der Waals surface area contributed by atoms with Crippen molar-refractivity contribution in [2.45, 2.75) is 63.7 Å². The molecule has 1 aromatic heterocycles. The topological polar surface area (TPSA) is 264 Å². The van der Waals surface area contributed by atoms with Crippen LogP contribution in [0.5, 0.6) is 0 Å². The molecule has 12 N–H and O–H groups in total. The van der Waals surface area contributed by atoms with E-state index in [4.69, 9.17) is 17.2 Å². The molecule has 4 unspecified atom stereocenters. The first-order valence-electron chi connectivity index (χ1n) is 11.5. The van der Waals surface area contributed by atoms with Crippen molar-refractivity contribution in [1.82, 2.24) is 25.9 Å². The zero-order valence-corrected chi connectivity index (χ0v) is 20.4. The number of hydrogen-bond acceptors (Lipinski definition) is 8. The van der Waals surface area contributed by atoms with Crippen LogP contribution < -0.4 is 33.2 Å². The standard InChI is InChI=1S/C21H37N9O6/c1-11(2)6-13(22)17(32)30-16(9-31)19(34)28-14(4-3-5-26-21(23)24)18(33)29-15(20(35)36)7-12-8-25-10-27-12/h8,10-11,13-16,31H,3-7,9,22H2,1-2H3,(H,25,27)(H,28,34)(H,29,33)(H,30,32)(H,35,36)(H4,23,24,26). The summed E-state index contributed by atoms with van der Waals surface area (Å²) >= 11 is 0. The summed E-state index contributed by atoms with van der Waals surface area (Å²) in [6, 6.07) is -4.77. The van der Waals surface area contributed by atoms with Crippen LogP contribution in [-0.2, 0) is 25.6 Å². The fourth-order valence-electron chi connectivity index (χ4n) is 3.22. The molecule has 15 heteroatoms. The Morgan fingerprint density at radius 3 is 2.19 bits per heavy atom. The lowest BCUT2D eigenvalue weighted by atomic mass is 10.0. The van der Waals surface area contributed by atoms with Gasteiger partial charge in [-0.3, -0.25) is 19.4 Å². The molecule has 0 aromatic carbocycles. The number of aromatic nitrogens is 2. The van der Waals surface area contributed by atoms with Crippen LogP contribution in [-0.4, -0.2) is 87.2 Å². The van der Waals surface area contributed by atoms with Crippen LogP contribution in [0.25, 0.3) is 0 Å². The molecule has 1 aromatic rings. The second-order valence-corrected chi connectivity index (χ2v) is 8.67. The first-order valence-corrected chi connectivity index (χ1v) is 11.5. The van der Waals surface area contributed by atoms with Gasteiger partial charge in [0.15, 0.2) is 5.96 Å². The van der Waals surface area contributed by atoms with E-state index < -0.39 is 54.5 Å². The molecule has 0 aliphatic rings. The Balaban J connectivity index is 2.93. The number of nitrogens with zero attached hydrogens (tertiary/aromatic N) is 2. The molecule has 0 bridgehead atoms. The number of hydrogen-bond donors (Lipinski definition) is 9. The second-order valence-electron chi connectivity index (χ2n) is 8.67. The molecule has 0 radical (unpaired) electrons. The van der Waals surface area contributed by atoms with Gasteiger partial charge in [0.1, 0.15) is 18.1 Å². The van der Waals surface area contributed by atoms with Gasteiger partial charge in [0.05, 0.1) is 19.0 Å². The van der Waals surface area contributed by atoms with Gasteiger partial charge in [0.25, 0.3) is 0 Å². The lowest BCUT2D eigenvalue weighted by molar-refractivity contribution is -0.142. The number of nitrogens with one attached hydrogen (secondary N) is 4. The van der Waals surface area contributed by atoms with Crippen LogP contribution in [0, 0.1) is 5.92 Å². The van der Waals surface area contributed by atoms with Crippen molar-refractivity contribution in [2.75, 3.05) is 13.2 Å². The molecular weight excluding hydrogens is 474 g/mol. The highest BCUT2D eigenvalue weighted by Crippen LogP contribution is 2.05. The SMILES string of the molecule is CC(C)CC(N)C(=O)NC(CO)C(=O)NC(CCCN=C(N)N)C(=O)NC(Cc1cnc[nH]1)C(=O)O. The molecule has 4 atom stereocenters. The highest BCUT2D eigenvalue weighted by molar-refractivity contribution is 5.94. The minimum Gasteiger partial charge on any atom is -0.480 e. The van der Waals surface area contributed by atoms with Crippen LogP contribution in [0.2, 0.25) is 0 Å². The Kier molecular flexibility index (Phi) is 12.9. The van der Waals surface area contributed by atoms with E-state index in [0.717, 1.165) is 0 Å². The molecule has 0 saturated carbocycles. The van der Waals surface area contributed by atoms with Crippen LogP contribution in [0.4, 0.5) is 0 Å². The van der Waals surface area contributed by atoms with Gasteiger partial charge in [0, 0.05) is 24.9 Å². The number of carbonyl (C=O) groups is 4. The van der Waals surface area contributed by atoms with E-state index in [-0.39, 0.29) is 37.7 Å². The summed E-state index contributed by atoms with van der Waals surface area (Å²) in [6.45, 7) is 3.17. The van der Waals surface area contributed by atoms with Crippen LogP contribution in [0.3, 0.4) is 0 Å². The minimum atomic E-state index is -1.37. The fourth-order valence-corrected chi connectivity index (χ4v) is 3.22. The fraction of sp³-hybridized carbons (Fsp3) is 0.619. The van der Waals surface area contributed by atoms with Gasteiger partial charge in [-0.2, -0.15) is 0 Å². The number of carbonyl (C=O) groups excluding carboxylic acids is 3. The Morgan fingerprint density at radius 2 is 1.67 bits per heavy atom. The molecule has 0 aliphatic carbocycles. The molecule has 36 heavy (non-hydrogen) atoms. The Labute approximate surface area is 208 Å². The maximum absolute atomic E-state index is 12.9. The zero-order valence-electron chi connectivity index (χ0n) is 20.4. The number of carboxylic acid groups (broad SMARTS) is 1. The molecule has 0 fully saturated rings. The number of aliphatic imine (C=N–C) groups is 1. The smallest absolute Gasteiger partial charge is 0.326 e. The van der Waals surface area contributed by atoms with Gasteiger partial charge in [-0.15, -0.1) is 0 Å². The third-order valence-electron chi connectivity index (χ3n) is 5.05. The van der Waals surface area contributed by atoms with Crippen molar-refractivity contribution in [3.8, 4) is 0 Å². The van der Waals surface area contributed by atoms with Gasteiger partial charge in [0.2, 0.25) is 17.7 Å². The molecule has 0 spiro atoms. The van der Waals surface area contributed by atoms with E-state index >= 15 is 0 Å². The summed E-state index contributed by atoms with van der Waals surface area (Å²) < 4.78 is 0. The van der Waals surface area contributed by atoms with Crippen molar-refractivity contribution >= 4 is 29.7 Å². The van der Waals surface area contributed by atoms with Crippen molar-refractivity contribution < 1.29 is 29.4 Å². The van der Waals surface area contributed by atoms with E-state index in [9.17, 15) is 29.4 Å². The average Bonchev–Trinajstić information content (AvgIpc) is 3.31. The summed E-state index contributed by atoms with van der Waals surface area (Å²) in [5, 5.41) is 26.4. The van der Waals surface area contributed by atoms with Crippen molar-refractivity contribution in [2.24, 2.45) is 28.1 Å². The Bertz CT molecular complexity index is 886. The number of imidazole rings is 1. The van der Waals surface area contributed by atoms with Gasteiger partial charge in [-0.25, -0.2) is 9.78 Å².